The molecule has 0 aliphatic carbocycles. The summed E-state index contributed by atoms with van der Waals surface area (Å²) in [7, 11) is 0. The van der Waals surface area contributed by atoms with Gasteiger partial charge in [0.2, 0.25) is 0 Å². The van der Waals surface area contributed by atoms with Crippen molar-refractivity contribution in [1.82, 2.24) is 9.80 Å². The number of ether oxygens (including phenoxy) is 2. The maximum atomic E-state index is 14.1. The molecule has 3 aliphatic heterocycles. The molecule has 2 atom stereocenters. The average Bonchev–Trinajstić information content (AvgIpc) is 3.48. The molecule has 0 bridgehead atoms. The second-order valence-corrected chi connectivity index (χ2v) is 11.7. The summed E-state index contributed by atoms with van der Waals surface area (Å²) in [5, 5.41) is 0. The number of alkyl halides is 3. The number of thioether (sulfide) groups is 1. The largest absolute Gasteiger partial charge is 0.417 e. The first-order valence-corrected chi connectivity index (χ1v) is 14.5. The van der Waals surface area contributed by atoms with Crippen LogP contribution in [0.15, 0.2) is 60.0 Å². The van der Waals surface area contributed by atoms with Crippen LogP contribution in [0.3, 0.4) is 0 Å². The van der Waals surface area contributed by atoms with E-state index < -0.39 is 17.2 Å². The molecule has 0 N–H and O–H groups in total. The number of rotatable bonds is 7. The van der Waals surface area contributed by atoms with Crippen molar-refractivity contribution in [3.63, 3.8) is 0 Å². The number of amides is 1. The van der Waals surface area contributed by atoms with Crippen LogP contribution in [0.2, 0.25) is 0 Å². The smallest absolute Gasteiger partial charge is 0.375 e. The molecule has 3 heterocycles. The summed E-state index contributed by atoms with van der Waals surface area (Å²) >= 11 is 1.00. The van der Waals surface area contributed by atoms with Gasteiger partial charge in [-0.15, -0.1) is 0 Å². The summed E-state index contributed by atoms with van der Waals surface area (Å²) in [4.78, 5) is 17.4. The minimum Gasteiger partial charge on any atom is -0.375 e. The lowest BCUT2D eigenvalue weighted by Crippen LogP contribution is -2.46. The van der Waals surface area contributed by atoms with Gasteiger partial charge >= 0.3 is 6.18 Å². The number of hydrogen-bond donors (Lipinski definition) is 0. The number of likely N-dealkylation sites (tertiary alicyclic amines) is 2. The minimum atomic E-state index is -4.59. The van der Waals surface area contributed by atoms with Crippen molar-refractivity contribution in [3.05, 3.63) is 71.8 Å². The number of carbonyl (C=O) groups is 1. The van der Waals surface area contributed by atoms with Crippen molar-refractivity contribution in [3.8, 4) is 0 Å². The molecule has 3 aliphatic rings. The molecule has 5 rings (SSSR count). The van der Waals surface area contributed by atoms with Crippen molar-refractivity contribution in [2.75, 3.05) is 39.4 Å². The summed E-state index contributed by atoms with van der Waals surface area (Å²) in [6, 6.07) is 14.3. The van der Waals surface area contributed by atoms with Crippen LogP contribution in [0.4, 0.5) is 13.2 Å². The van der Waals surface area contributed by atoms with E-state index in [-0.39, 0.29) is 34.7 Å². The predicted molar refractivity (Wildman–Crippen MR) is 146 cm³/mol. The fourth-order valence-electron chi connectivity index (χ4n) is 5.67. The second-order valence-electron chi connectivity index (χ2n) is 10.5. The van der Waals surface area contributed by atoms with Gasteiger partial charge in [-0.25, -0.2) is 0 Å². The highest BCUT2D eigenvalue weighted by Gasteiger charge is 2.36. The molecule has 0 radical (unpaired) electrons. The van der Waals surface area contributed by atoms with Crippen LogP contribution in [0, 0.1) is 0 Å². The highest BCUT2D eigenvalue weighted by Crippen LogP contribution is 2.41. The second kappa shape index (κ2) is 12.5. The highest BCUT2D eigenvalue weighted by atomic mass is 32.2. The van der Waals surface area contributed by atoms with Crippen LogP contribution >= 0.6 is 11.8 Å². The molecule has 3 saturated heterocycles. The molecule has 39 heavy (non-hydrogen) atoms. The molecule has 3 fully saturated rings. The minimum absolute atomic E-state index is 0.0480. The summed E-state index contributed by atoms with van der Waals surface area (Å²) < 4.78 is 54.2. The van der Waals surface area contributed by atoms with Gasteiger partial charge in [0.05, 0.1) is 24.9 Å². The van der Waals surface area contributed by atoms with Gasteiger partial charge in [-0.1, -0.05) is 54.7 Å². The number of hydrogen-bond acceptors (Lipinski definition) is 5. The molecule has 5 nitrogen and oxygen atoms in total. The quantitative estimate of drug-likeness (QED) is 0.396. The molecule has 0 aromatic heterocycles. The van der Waals surface area contributed by atoms with E-state index in [4.69, 9.17) is 9.47 Å². The Kier molecular flexibility index (Phi) is 9.01. The third-order valence-electron chi connectivity index (χ3n) is 7.77. The number of halogens is 3. The normalized spacial score (nSPS) is 23.2. The summed E-state index contributed by atoms with van der Waals surface area (Å²) in [5.41, 5.74) is 0.0140. The SMILES string of the molecule is C=C(C(=O)N1CCC(N2CCCC2)CC1)c1ccc(SC2COCC(Cc3ccccc3)O2)c(C(F)(F)F)c1. The van der Waals surface area contributed by atoms with Crippen molar-refractivity contribution in [2.45, 2.75) is 60.8 Å². The van der Waals surface area contributed by atoms with Crippen LogP contribution < -0.4 is 0 Å². The van der Waals surface area contributed by atoms with Crippen LogP contribution in [-0.4, -0.2) is 72.7 Å². The Bertz CT molecular complexity index is 1150. The highest BCUT2D eigenvalue weighted by molar-refractivity contribution is 7.99. The molecular formula is C30H35F3N2O3S. The van der Waals surface area contributed by atoms with Gasteiger partial charge in [-0.2, -0.15) is 13.2 Å². The van der Waals surface area contributed by atoms with Gasteiger partial charge in [0.1, 0.15) is 5.44 Å². The topological polar surface area (TPSA) is 42.0 Å². The van der Waals surface area contributed by atoms with E-state index in [1.54, 1.807) is 11.0 Å². The van der Waals surface area contributed by atoms with Gasteiger partial charge in [0.15, 0.2) is 0 Å². The van der Waals surface area contributed by atoms with E-state index in [1.807, 2.05) is 30.3 Å². The molecule has 1 amide bonds. The van der Waals surface area contributed by atoms with E-state index in [2.05, 4.69) is 11.5 Å². The molecule has 2 unspecified atom stereocenters. The summed E-state index contributed by atoms with van der Waals surface area (Å²) in [6.07, 6.45) is 0.0162. The van der Waals surface area contributed by atoms with Gasteiger partial charge in [-0.3, -0.25) is 4.79 Å². The third kappa shape index (κ3) is 7.06. The number of carbonyl (C=O) groups excluding carboxylic acids is 1. The molecule has 0 spiro atoms. The zero-order chi connectivity index (χ0) is 27.4. The number of piperidine rings is 1. The van der Waals surface area contributed by atoms with Crippen LogP contribution in [0.5, 0.6) is 0 Å². The number of nitrogens with zero attached hydrogens (tertiary/aromatic N) is 2. The van der Waals surface area contributed by atoms with E-state index in [0.717, 1.165) is 49.3 Å². The average molecular weight is 561 g/mol. The zero-order valence-corrected chi connectivity index (χ0v) is 22.8. The Morgan fingerprint density at radius 2 is 1.72 bits per heavy atom. The van der Waals surface area contributed by atoms with E-state index >= 15 is 0 Å². The van der Waals surface area contributed by atoms with Crippen molar-refractivity contribution < 1.29 is 27.4 Å². The van der Waals surface area contributed by atoms with Gasteiger partial charge in [-0.05, 0) is 62.0 Å². The lowest BCUT2D eigenvalue weighted by atomic mass is 9.99. The van der Waals surface area contributed by atoms with E-state index in [0.29, 0.717) is 32.2 Å². The first-order valence-electron chi connectivity index (χ1n) is 13.7. The Labute approximate surface area is 232 Å². The fraction of sp³-hybridized carbons (Fsp3) is 0.500. The van der Waals surface area contributed by atoms with Crippen LogP contribution in [0.25, 0.3) is 5.57 Å². The Morgan fingerprint density at radius 1 is 1.00 bits per heavy atom. The van der Waals surface area contributed by atoms with Crippen LogP contribution in [0.1, 0.15) is 42.4 Å². The Morgan fingerprint density at radius 3 is 2.41 bits per heavy atom. The lowest BCUT2D eigenvalue weighted by Gasteiger charge is -2.37. The lowest BCUT2D eigenvalue weighted by molar-refractivity contribution is -0.140. The first kappa shape index (κ1) is 28.2. The van der Waals surface area contributed by atoms with Crippen molar-refractivity contribution in [1.29, 1.82) is 0 Å². The maximum Gasteiger partial charge on any atom is 0.417 e. The van der Waals surface area contributed by atoms with Crippen LogP contribution in [-0.2, 0) is 26.9 Å². The molecule has 0 saturated carbocycles. The van der Waals surface area contributed by atoms with Crippen molar-refractivity contribution >= 4 is 23.2 Å². The van der Waals surface area contributed by atoms with Crippen molar-refractivity contribution in [2.24, 2.45) is 0 Å². The third-order valence-corrected chi connectivity index (χ3v) is 8.89. The molecular weight excluding hydrogens is 525 g/mol. The van der Waals surface area contributed by atoms with Gasteiger partial charge in [0, 0.05) is 36.0 Å². The summed E-state index contributed by atoms with van der Waals surface area (Å²) in [6.45, 7) is 7.92. The standard InChI is InChI=1S/C30H35F3N2O3S/c1-21(29(36)35-15-11-24(12-16-35)34-13-5-6-14-34)23-9-10-27(26(18-23)30(31,32)33)39-28-20-37-19-25(38-28)17-22-7-3-2-4-8-22/h2-4,7-10,18,24-25,28H,1,5-6,11-17,19-20H2. The van der Waals surface area contributed by atoms with Gasteiger partial charge in [0.25, 0.3) is 5.91 Å². The Hall–Kier alpha value is -2.33. The fourth-order valence-corrected chi connectivity index (χ4v) is 6.78. The predicted octanol–water partition coefficient (Wildman–Crippen LogP) is 5.88. The molecule has 2 aromatic carbocycles. The zero-order valence-electron chi connectivity index (χ0n) is 22.0. The van der Waals surface area contributed by atoms with E-state index in [1.165, 1.54) is 18.9 Å². The van der Waals surface area contributed by atoms with E-state index in [9.17, 15) is 18.0 Å². The maximum absolute atomic E-state index is 14.1. The molecule has 2 aromatic rings. The summed E-state index contributed by atoms with van der Waals surface area (Å²) in [5.74, 6) is -0.295. The first-order chi connectivity index (χ1) is 18.8. The number of benzene rings is 2. The van der Waals surface area contributed by atoms with Gasteiger partial charge < -0.3 is 19.3 Å². The molecule has 9 heteroatoms. The Balaban J connectivity index is 1.23. The molecule has 210 valence electrons. The monoisotopic (exact) mass is 560 g/mol.